The van der Waals surface area contributed by atoms with Crippen molar-refractivity contribution in [2.45, 2.75) is 25.8 Å². The van der Waals surface area contributed by atoms with Gasteiger partial charge in [-0.05, 0) is 44.0 Å². The van der Waals surface area contributed by atoms with Gasteiger partial charge in [0, 0.05) is 17.7 Å². The number of carbonyl (C=O) groups excluding carboxylic acids is 2. The van der Waals surface area contributed by atoms with Gasteiger partial charge in [0.1, 0.15) is 16.8 Å². The Bertz CT molecular complexity index is 1050. The van der Waals surface area contributed by atoms with Crippen LogP contribution in [0, 0.1) is 6.92 Å². The van der Waals surface area contributed by atoms with Crippen LogP contribution >= 0.6 is 11.3 Å². The molecule has 1 atom stereocenters. The number of nitrogens with zero attached hydrogens (tertiary/aromatic N) is 3. The number of anilines is 1. The fourth-order valence-corrected chi connectivity index (χ4v) is 4.21. The van der Waals surface area contributed by atoms with Gasteiger partial charge in [-0.25, -0.2) is 0 Å². The molecule has 0 bridgehead atoms. The molecule has 1 fully saturated rings. The minimum atomic E-state index is -0.522. The first-order valence-electron chi connectivity index (χ1n) is 9.71. The van der Waals surface area contributed by atoms with Crippen LogP contribution < -0.4 is 10.1 Å². The van der Waals surface area contributed by atoms with Crippen molar-refractivity contribution in [1.29, 1.82) is 0 Å². The molecular formula is C22H22N4O3S. The summed E-state index contributed by atoms with van der Waals surface area (Å²) >= 11 is 1.32. The molecule has 0 aliphatic carbocycles. The third-order valence-electron chi connectivity index (χ3n) is 5.11. The van der Waals surface area contributed by atoms with Crippen molar-refractivity contribution >= 4 is 28.3 Å². The average Bonchev–Trinajstić information content (AvgIpc) is 3.44. The van der Waals surface area contributed by atoms with Crippen molar-refractivity contribution in [3.8, 4) is 16.3 Å². The molecule has 30 heavy (non-hydrogen) atoms. The summed E-state index contributed by atoms with van der Waals surface area (Å²) in [6.45, 7) is 2.57. The Morgan fingerprint density at radius 2 is 1.83 bits per heavy atom. The molecule has 1 aliphatic heterocycles. The highest BCUT2D eigenvalue weighted by molar-refractivity contribution is 7.18. The Morgan fingerprint density at radius 3 is 2.53 bits per heavy atom. The van der Waals surface area contributed by atoms with E-state index in [1.807, 2.05) is 31.2 Å². The average molecular weight is 423 g/mol. The van der Waals surface area contributed by atoms with Gasteiger partial charge >= 0.3 is 0 Å². The lowest BCUT2D eigenvalue weighted by atomic mass is 10.1. The Labute approximate surface area is 178 Å². The van der Waals surface area contributed by atoms with Gasteiger partial charge in [0.15, 0.2) is 0 Å². The summed E-state index contributed by atoms with van der Waals surface area (Å²) in [7, 11) is 1.58. The first kappa shape index (κ1) is 20.0. The number of nitrogens with one attached hydrogen (secondary N) is 1. The van der Waals surface area contributed by atoms with Gasteiger partial charge in [-0.1, -0.05) is 41.2 Å². The van der Waals surface area contributed by atoms with Gasteiger partial charge < -0.3 is 9.64 Å². The number of carbonyl (C=O) groups is 2. The molecule has 7 nitrogen and oxygen atoms in total. The molecule has 2 amide bonds. The third kappa shape index (κ3) is 4.18. The Kier molecular flexibility index (Phi) is 5.76. The van der Waals surface area contributed by atoms with Gasteiger partial charge in [-0.15, -0.1) is 10.2 Å². The van der Waals surface area contributed by atoms with Crippen LogP contribution in [0.2, 0.25) is 0 Å². The van der Waals surface area contributed by atoms with Crippen molar-refractivity contribution in [2.75, 3.05) is 19.0 Å². The van der Waals surface area contributed by atoms with Gasteiger partial charge in [0.25, 0.3) is 5.91 Å². The van der Waals surface area contributed by atoms with Crippen molar-refractivity contribution < 1.29 is 14.3 Å². The number of methoxy groups -OCH3 is 1. The lowest BCUT2D eigenvalue weighted by molar-refractivity contribution is -0.119. The molecule has 0 radical (unpaired) electrons. The van der Waals surface area contributed by atoms with Crippen LogP contribution in [0.25, 0.3) is 10.6 Å². The summed E-state index contributed by atoms with van der Waals surface area (Å²) in [5, 5.41) is 12.3. The molecule has 1 unspecified atom stereocenters. The van der Waals surface area contributed by atoms with Crippen LogP contribution in [0.15, 0.2) is 48.5 Å². The number of benzene rings is 2. The number of ether oxygens (including phenoxy) is 1. The van der Waals surface area contributed by atoms with E-state index in [0.717, 1.165) is 17.0 Å². The normalized spacial score (nSPS) is 15.8. The molecule has 1 N–H and O–H groups in total. The molecule has 0 saturated carbocycles. The number of hydrogen-bond acceptors (Lipinski definition) is 6. The van der Waals surface area contributed by atoms with Crippen LogP contribution in [0.5, 0.6) is 5.75 Å². The van der Waals surface area contributed by atoms with E-state index in [1.54, 1.807) is 36.3 Å². The molecule has 4 rings (SSSR count). The molecule has 1 aromatic heterocycles. The topological polar surface area (TPSA) is 84.4 Å². The van der Waals surface area contributed by atoms with Crippen molar-refractivity contribution in [3.63, 3.8) is 0 Å². The van der Waals surface area contributed by atoms with Crippen molar-refractivity contribution in [1.82, 2.24) is 15.1 Å². The zero-order chi connectivity index (χ0) is 21.1. The number of aromatic nitrogens is 2. The van der Waals surface area contributed by atoms with Crippen molar-refractivity contribution in [2.24, 2.45) is 0 Å². The molecule has 2 heterocycles. The summed E-state index contributed by atoms with van der Waals surface area (Å²) in [5.41, 5.74) is 2.66. The summed E-state index contributed by atoms with van der Waals surface area (Å²) in [6, 6.07) is 14.4. The van der Waals surface area contributed by atoms with Gasteiger partial charge in [0.2, 0.25) is 11.0 Å². The quantitative estimate of drug-likeness (QED) is 0.677. The number of amides is 2. The Hall–Kier alpha value is -3.26. The van der Waals surface area contributed by atoms with E-state index in [0.29, 0.717) is 29.4 Å². The lowest BCUT2D eigenvalue weighted by Crippen LogP contribution is -2.43. The van der Waals surface area contributed by atoms with E-state index >= 15 is 0 Å². The minimum absolute atomic E-state index is 0.159. The van der Waals surface area contributed by atoms with E-state index in [2.05, 4.69) is 15.5 Å². The lowest BCUT2D eigenvalue weighted by Gasteiger charge is -2.23. The highest BCUT2D eigenvalue weighted by atomic mass is 32.1. The maximum Gasteiger partial charge on any atom is 0.254 e. The minimum Gasteiger partial charge on any atom is -0.497 e. The number of rotatable bonds is 5. The SMILES string of the molecule is COc1ccc(C(=O)N2CCCC2C(=O)Nc2nnc(-c3ccc(C)cc3)s2)cc1. The molecule has 3 aromatic rings. The first-order chi connectivity index (χ1) is 14.5. The zero-order valence-corrected chi connectivity index (χ0v) is 17.6. The van der Waals surface area contributed by atoms with Crippen LogP contribution in [0.1, 0.15) is 28.8 Å². The van der Waals surface area contributed by atoms with E-state index in [1.165, 1.54) is 16.9 Å². The van der Waals surface area contributed by atoms with E-state index in [-0.39, 0.29) is 11.8 Å². The molecule has 1 saturated heterocycles. The molecule has 1 aliphatic rings. The predicted molar refractivity (Wildman–Crippen MR) is 116 cm³/mol. The van der Waals surface area contributed by atoms with Crippen LogP contribution in [-0.4, -0.2) is 46.6 Å². The predicted octanol–water partition coefficient (Wildman–Crippen LogP) is 3.77. The Morgan fingerprint density at radius 1 is 1.10 bits per heavy atom. The summed E-state index contributed by atoms with van der Waals surface area (Å²) in [5.74, 6) is 0.289. The molecule has 2 aromatic carbocycles. The number of likely N-dealkylation sites (tertiary alicyclic amines) is 1. The second kappa shape index (κ2) is 8.62. The standard InChI is InChI=1S/C22H22N4O3S/c1-14-5-7-15(8-6-14)20-24-25-22(30-20)23-19(27)18-4-3-13-26(18)21(28)16-9-11-17(29-2)12-10-16/h5-12,18H,3-4,13H2,1-2H3,(H,23,25,27). The molecule has 154 valence electrons. The fraction of sp³-hybridized carbons (Fsp3) is 0.273. The summed E-state index contributed by atoms with van der Waals surface area (Å²) in [6.07, 6.45) is 1.40. The highest BCUT2D eigenvalue weighted by Crippen LogP contribution is 2.28. The van der Waals surface area contributed by atoms with Crippen LogP contribution in [0.3, 0.4) is 0 Å². The van der Waals surface area contributed by atoms with Crippen LogP contribution in [-0.2, 0) is 4.79 Å². The number of aryl methyl sites for hydroxylation is 1. The van der Waals surface area contributed by atoms with Crippen molar-refractivity contribution in [3.05, 3.63) is 59.7 Å². The second-order valence-corrected chi connectivity index (χ2v) is 8.13. The summed E-state index contributed by atoms with van der Waals surface area (Å²) in [4.78, 5) is 27.4. The smallest absolute Gasteiger partial charge is 0.254 e. The van der Waals surface area contributed by atoms with E-state index in [9.17, 15) is 9.59 Å². The van der Waals surface area contributed by atoms with E-state index in [4.69, 9.17) is 4.74 Å². The molecular weight excluding hydrogens is 400 g/mol. The maximum absolute atomic E-state index is 12.9. The van der Waals surface area contributed by atoms with Gasteiger partial charge in [-0.3, -0.25) is 14.9 Å². The number of hydrogen-bond donors (Lipinski definition) is 1. The molecule has 0 spiro atoms. The van der Waals surface area contributed by atoms with E-state index < -0.39 is 6.04 Å². The first-order valence-corrected chi connectivity index (χ1v) is 10.5. The Balaban J connectivity index is 1.44. The monoisotopic (exact) mass is 422 g/mol. The van der Waals surface area contributed by atoms with Crippen LogP contribution in [0.4, 0.5) is 5.13 Å². The maximum atomic E-state index is 12.9. The third-order valence-corrected chi connectivity index (χ3v) is 5.99. The largest absolute Gasteiger partial charge is 0.497 e. The highest BCUT2D eigenvalue weighted by Gasteiger charge is 2.35. The zero-order valence-electron chi connectivity index (χ0n) is 16.8. The van der Waals surface area contributed by atoms with Gasteiger partial charge in [-0.2, -0.15) is 0 Å². The fourth-order valence-electron chi connectivity index (χ4n) is 3.46. The van der Waals surface area contributed by atoms with Gasteiger partial charge in [0.05, 0.1) is 7.11 Å². The molecule has 8 heteroatoms. The summed E-state index contributed by atoms with van der Waals surface area (Å²) < 4.78 is 5.14. The second-order valence-electron chi connectivity index (χ2n) is 7.15.